The molecule has 1 amide bonds. The second kappa shape index (κ2) is 7.29. The summed E-state index contributed by atoms with van der Waals surface area (Å²) in [6.07, 6.45) is 2.44. The van der Waals surface area contributed by atoms with E-state index < -0.39 is 11.5 Å². The zero-order chi connectivity index (χ0) is 18.6. The van der Waals surface area contributed by atoms with Crippen LogP contribution in [-0.4, -0.2) is 22.2 Å². The molecule has 0 aliphatic carbocycles. The van der Waals surface area contributed by atoms with Crippen molar-refractivity contribution in [2.24, 2.45) is 0 Å². The Balaban J connectivity index is 1.41. The van der Waals surface area contributed by atoms with Crippen LogP contribution in [0, 0.1) is 0 Å². The fourth-order valence-corrected chi connectivity index (χ4v) is 2.84. The molecule has 0 bridgehead atoms. The van der Waals surface area contributed by atoms with Gasteiger partial charge in [-0.2, -0.15) is 5.10 Å². The largest absolute Gasteiger partial charge is 0.422 e. The van der Waals surface area contributed by atoms with Gasteiger partial charge in [0.25, 0.3) is 5.91 Å². The van der Waals surface area contributed by atoms with Crippen LogP contribution in [0.4, 0.5) is 0 Å². The van der Waals surface area contributed by atoms with E-state index in [0.29, 0.717) is 23.9 Å². The number of para-hydroxylation sites is 2. The third-order valence-electron chi connectivity index (χ3n) is 4.22. The Morgan fingerprint density at radius 2 is 1.81 bits per heavy atom. The molecule has 0 fully saturated rings. The van der Waals surface area contributed by atoms with Crippen LogP contribution < -0.4 is 10.9 Å². The Bertz CT molecular complexity index is 1150. The van der Waals surface area contributed by atoms with E-state index in [-0.39, 0.29) is 5.56 Å². The average molecular weight is 359 g/mol. The molecule has 2 aromatic heterocycles. The number of aromatic nitrogens is 2. The van der Waals surface area contributed by atoms with Crippen molar-refractivity contribution in [2.45, 2.75) is 6.42 Å². The number of benzene rings is 2. The van der Waals surface area contributed by atoms with Crippen molar-refractivity contribution >= 4 is 16.9 Å². The summed E-state index contributed by atoms with van der Waals surface area (Å²) in [5, 5.41) is 7.96. The van der Waals surface area contributed by atoms with Crippen LogP contribution in [-0.2, 0) is 6.42 Å². The highest BCUT2D eigenvalue weighted by Gasteiger charge is 2.13. The molecule has 0 unspecified atom stereocenters. The third kappa shape index (κ3) is 3.64. The second-order valence-corrected chi connectivity index (χ2v) is 6.08. The molecule has 134 valence electrons. The van der Waals surface area contributed by atoms with Gasteiger partial charge in [-0.15, -0.1) is 0 Å². The summed E-state index contributed by atoms with van der Waals surface area (Å²) in [5.74, 6) is -0.447. The quantitative estimate of drug-likeness (QED) is 0.556. The molecular formula is C21H17N3O3. The standard InChI is InChI=1S/C21H17N3O3/c25-20(18-14-15-6-4-5-9-19(15)27-21(18)26)22-12-10-16-11-13-24(23-16)17-7-2-1-3-8-17/h1-9,11,13-14H,10,12H2,(H,22,25). The summed E-state index contributed by atoms with van der Waals surface area (Å²) < 4.78 is 6.99. The zero-order valence-corrected chi connectivity index (χ0v) is 14.5. The monoisotopic (exact) mass is 359 g/mol. The normalized spacial score (nSPS) is 10.8. The maximum atomic E-state index is 12.3. The van der Waals surface area contributed by atoms with Gasteiger partial charge in [0.15, 0.2) is 0 Å². The zero-order valence-electron chi connectivity index (χ0n) is 14.5. The Labute approximate surface area is 155 Å². The topological polar surface area (TPSA) is 77.1 Å². The predicted octanol–water partition coefficient (Wildman–Crippen LogP) is 2.95. The lowest BCUT2D eigenvalue weighted by Crippen LogP contribution is -2.30. The van der Waals surface area contributed by atoms with Crippen molar-refractivity contribution in [1.82, 2.24) is 15.1 Å². The molecule has 1 N–H and O–H groups in total. The lowest BCUT2D eigenvalue weighted by atomic mass is 10.2. The van der Waals surface area contributed by atoms with E-state index in [1.807, 2.05) is 48.7 Å². The number of carbonyl (C=O) groups excluding carboxylic acids is 1. The van der Waals surface area contributed by atoms with Crippen molar-refractivity contribution in [1.29, 1.82) is 0 Å². The number of rotatable bonds is 5. The van der Waals surface area contributed by atoms with Crippen molar-refractivity contribution in [2.75, 3.05) is 6.54 Å². The third-order valence-corrected chi connectivity index (χ3v) is 4.22. The molecule has 4 aromatic rings. The summed E-state index contributed by atoms with van der Waals surface area (Å²) in [6.45, 7) is 0.372. The van der Waals surface area contributed by atoms with Crippen LogP contribution in [0.5, 0.6) is 0 Å². The highest BCUT2D eigenvalue weighted by Crippen LogP contribution is 2.12. The SMILES string of the molecule is O=C(NCCc1ccn(-c2ccccc2)n1)c1cc2ccccc2oc1=O. The van der Waals surface area contributed by atoms with E-state index in [1.165, 1.54) is 0 Å². The van der Waals surface area contributed by atoms with Gasteiger partial charge < -0.3 is 9.73 Å². The number of nitrogens with zero attached hydrogens (tertiary/aromatic N) is 2. The molecule has 4 rings (SSSR count). The van der Waals surface area contributed by atoms with Gasteiger partial charge in [0.1, 0.15) is 11.1 Å². The molecule has 0 aliphatic heterocycles. The van der Waals surface area contributed by atoms with Crippen LogP contribution in [0.25, 0.3) is 16.7 Å². The molecule has 0 saturated carbocycles. The minimum Gasteiger partial charge on any atom is -0.422 e. The van der Waals surface area contributed by atoms with E-state index in [1.54, 1.807) is 28.9 Å². The van der Waals surface area contributed by atoms with Crippen LogP contribution in [0.3, 0.4) is 0 Å². The Hall–Kier alpha value is -3.67. The van der Waals surface area contributed by atoms with E-state index in [0.717, 1.165) is 11.4 Å². The van der Waals surface area contributed by atoms with Gasteiger partial charge in [-0.1, -0.05) is 36.4 Å². The smallest absolute Gasteiger partial charge is 0.349 e. The first-order chi connectivity index (χ1) is 13.2. The van der Waals surface area contributed by atoms with Gasteiger partial charge in [-0.3, -0.25) is 4.79 Å². The summed E-state index contributed by atoms with van der Waals surface area (Å²) in [7, 11) is 0. The van der Waals surface area contributed by atoms with Gasteiger partial charge in [0.2, 0.25) is 0 Å². The van der Waals surface area contributed by atoms with Crippen LogP contribution in [0.1, 0.15) is 16.1 Å². The highest BCUT2D eigenvalue weighted by molar-refractivity contribution is 5.96. The van der Waals surface area contributed by atoms with Crippen molar-refractivity contribution < 1.29 is 9.21 Å². The number of carbonyl (C=O) groups is 1. The number of hydrogen-bond donors (Lipinski definition) is 1. The maximum Gasteiger partial charge on any atom is 0.349 e. The second-order valence-electron chi connectivity index (χ2n) is 6.08. The van der Waals surface area contributed by atoms with Crippen molar-refractivity contribution in [3.8, 4) is 5.69 Å². The van der Waals surface area contributed by atoms with E-state index in [2.05, 4.69) is 10.4 Å². The van der Waals surface area contributed by atoms with Crippen LogP contribution in [0.2, 0.25) is 0 Å². The van der Waals surface area contributed by atoms with Gasteiger partial charge in [0.05, 0.1) is 11.4 Å². The van der Waals surface area contributed by atoms with Gasteiger partial charge in [-0.25, -0.2) is 9.48 Å². The molecule has 0 atom stereocenters. The Morgan fingerprint density at radius 1 is 1.04 bits per heavy atom. The molecule has 0 spiro atoms. The molecular weight excluding hydrogens is 342 g/mol. The van der Waals surface area contributed by atoms with Crippen molar-refractivity contribution in [3.05, 3.63) is 94.6 Å². The van der Waals surface area contributed by atoms with E-state index >= 15 is 0 Å². The molecule has 2 heterocycles. The molecule has 6 heteroatoms. The number of hydrogen-bond acceptors (Lipinski definition) is 4. The molecule has 0 aliphatic rings. The Morgan fingerprint density at radius 3 is 2.67 bits per heavy atom. The number of fused-ring (bicyclic) bond motifs is 1. The fraction of sp³-hybridized carbons (Fsp3) is 0.0952. The first-order valence-corrected chi connectivity index (χ1v) is 8.62. The average Bonchev–Trinajstić information content (AvgIpc) is 3.17. The van der Waals surface area contributed by atoms with E-state index in [9.17, 15) is 9.59 Å². The minimum absolute atomic E-state index is 0.00325. The summed E-state index contributed by atoms with van der Waals surface area (Å²) in [4.78, 5) is 24.4. The maximum absolute atomic E-state index is 12.3. The van der Waals surface area contributed by atoms with E-state index in [4.69, 9.17) is 4.42 Å². The molecule has 0 radical (unpaired) electrons. The van der Waals surface area contributed by atoms with Gasteiger partial charge in [0, 0.05) is 24.5 Å². The number of amides is 1. The molecule has 0 saturated heterocycles. The van der Waals surface area contributed by atoms with Gasteiger partial charge in [-0.05, 0) is 30.3 Å². The highest BCUT2D eigenvalue weighted by atomic mass is 16.4. The lowest BCUT2D eigenvalue weighted by Gasteiger charge is -2.04. The van der Waals surface area contributed by atoms with Crippen molar-refractivity contribution in [3.63, 3.8) is 0 Å². The minimum atomic E-state index is -0.639. The van der Waals surface area contributed by atoms with Crippen LogP contribution >= 0.6 is 0 Å². The summed E-state index contributed by atoms with van der Waals surface area (Å²) in [5.41, 5.74) is 1.65. The lowest BCUT2D eigenvalue weighted by molar-refractivity contribution is 0.0950. The Kier molecular flexibility index (Phi) is 4.53. The first kappa shape index (κ1) is 16.8. The molecule has 27 heavy (non-hydrogen) atoms. The first-order valence-electron chi connectivity index (χ1n) is 8.62. The summed E-state index contributed by atoms with van der Waals surface area (Å²) in [6, 6.07) is 20.4. The molecule has 2 aromatic carbocycles. The summed E-state index contributed by atoms with van der Waals surface area (Å²) >= 11 is 0. The predicted molar refractivity (Wildman–Crippen MR) is 102 cm³/mol. The number of nitrogens with one attached hydrogen (secondary N) is 1. The molecule has 6 nitrogen and oxygen atoms in total. The van der Waals surface area contributed by atoms with Gasteiger partial charge >= 0.3 is 5.63 Å². The van der Waals surface area contributed by atoms with Crippen LogP contribution in [0.15, 0.2) is 82.1 Å². The fourth-order valence-electron chi connectivity index (χ4n) is 2.84.